The lowest BCUT2D eigenvalue weighted by Gasteiger charge is -2.35. The molecule has 0 spiro atoms. The van der Waals surface area contributed by atoms with Crippen LogP contribution in [0.2, 0.25) is 0 Å². The summed E-state index contributed by atoms with van der Waals surface area (Å²) in [6, 6.07) is 15.3. The zero-order valence-electron chi connectivity index (χ0n) is 24.7. The highest BCUT2D eigenvalue weighted by Gasteiger charge is 2.24. The van der Waals surface area contributed by atoms with Gasteiger partial charge in [-0.1, -0.05) is 6.08 Å². The number of hydrogen-bond donors (Lipinski definition) is 1. The maximum absolute atomic E-state index is 13.1. The van der Waals surface area contributed by atoms with Gasteiger partial charge in [-0.15, -0.1) is 0 Å². The molecule has 4 rings (SSSR count). The molecular weight excluding hydrogens is 521 g/mol. The molecule has 1 saturated heterocycles. The summed E-state index contributed by atoms with van der Waals surface area (Å²) in [4.78, 5) is 30.3. The van der Waals surface area contributed by atoms with Crippen molar-refractivity contribution in [3.05, 3.63) is 75.0 Å². The second-order valence-electron chi connectivity index (χ2n) is 11.2. The van der Waals surface area contributed by atoms with E-state index in [-0.39, 0.29) is 23.6 Å². The third-order valence-corrected chi connectivity index (χ3v) is 9.37. The zero-order valence-corrected chi connectivity index (χ0v) is 25.6. The molecule has 0 aliphatic carbocycles. The number of amides is 1. The molecule has 9 heteroatoms. The number of benzene rings is 2. The fourth-order valence-electron chi connectivity index (χ4n) is 5.35. The van der Waals surface area contributed by atoms with Gasteiger partial charge in [0.25, 0.3) is 11.5 Å². The maximum atomic E-state index is 13.1. The van der Waals surface area contributed by atoms with Crippen LogP contribution in [0.3, 0.4) is 0 Å². The lowest BCUT2D eigenvalue weighted by molar-refractivity contribution is 0.0659. The van der Waals surface area contributed by atoms with E-state index in [0.717, 1.165) is 48.0 Å². The molecule has 1 N–H and O–H groups in total. The smallest absolute Gasteiger partial charge is 0.274 e. The number of nitrogens with zero attached hydrogens (tertiary/aromatic N) is 4. The quantitative estimate of drug-likeness (QED) is 0.448. The van der Waals surface area contributed by atoms with Crippen molar-refractivity contribution in [1.82, 2.24) is 19.2 Å². The summed E-state index contributed by atoms with van der Waals surface area (Å²) in [6.45, 7) is 9.42. The summed E-state index contributed by atoms with van der Waals surface area (Å²) < 4.78 is 16.0. The van der Waals surface area contributed by atoms with Crippen LogP contribution >= 0.6 is 7.14 Å². The van der Waals surface area contributed by atoms with E-state index >= 15 is 0 Å². The Labute approximate surface area is 236 Å². The second-order valence-corrected chi connectivity index (χ2v) is 14.4. The molecule has 1 amide bonds. The molecular formula is C31H42N5O3P. The molecule has 0 radical (unpaired) electrons. The van der Waals surface area contributed by atoms with Crippen LogP contribution in [-0.2, 0) is 11.6 Å². The largest absolute Gasteiger partial charge is 0.379 e. The molecule has 2 heterocycles. The van der Waals surface area contributed by atoms with E-state index in [4.69, 9.17) is 0 Å². The summed E-state index contributed by atoms with van der Waals surface area (Å²) in [5, 5.41) is 5.68. The molecule has 8 nitrogen and oxygen atoms in total. The zero-order chi connectivity index (χ0) is 29.2. The van der Waals surface area contributed by atoms with Gasteiger partial charge in [0.2, 0.25) is 0 Å². The average molecular weight is 564 g/mol. The first-order valence-corrected chi connectivity index (χ1v) is 16.5. The third kappa shape index (κ3) is 6.34. The predicted molar refractivity (Wildman–Crippen MR) is 166 cm³/mol. The molecule has 1 aliphatic rings. The topological polar surface area (TPSA) is 79.6 Å². The van der Waals surface area contributed by atoms with Crippen LogP contribution in [0.25, 0.3) is 17.8 Å². The van der Waals surface area contributed by atoms with Gasteiger partial charge in [-0.3, -0.25) is 14.3 Å². The summed E-state index contributed by atoms with van der Waals surface area (Å²) in [6.07, 6.45) is 5.85. The number of likely N-dealkylation sites (tertiary alicyclic amines) is 1. The van der Waals surface area contributed by atoms with Crippen molar-refractivity contribution >= 4 is 36.2 Å². The van der Waals surface area contributed by atoms with Crippen molar-refractivity contribution in [2.75, 3.05) is 45.8 Å². The van der Waals surface area contributed by atoms with E-state index in [9.17, 15) is 14.2 Å². The van der Waals surface area contributed by atoms with Gasteiger partial charge in [-0.05, 0) is 115 Å². The number of carbonyl (C=O) groups is 1. The Morgan fingerprint density at radius 1 is 1.05 bits per heavy atom. The van der Waals surface area contributed by atoms with Crippen molar-refractivity contribution in [3.63, 3.8) is 0 Å². The van der Waals surface area contributed by atoms with Gasteiger partial charge in [-0.2, -0.15) is 0 Å². The Morgan fingerprint density at radius 2 is 1.65 bits per heavy atom. The van der Waals surface area contributed by atoms with Crippen LogP contribution < -0.4 is 26.7 Å². The molecule has 2 aromatic carbocycles. The van der Waals surface area contributed by atoms with Gasteiger partial charge >= 0.3 is 0 Å². The number of nitrogens with one attached hydrogen (secondary N) is 1. The lowest BCUT2D eigenvalue weighted by atomic mass is 10.0. The molecule has 1 unspecified atom stereocenters. The van der Waals surface area contributed by atoms with E-state index in [1.165, 1.54) is 0 Å². The number of anilines is 1. The summed E-state index contributed by atoms with van der Waals surface area (Å²) in [7, 11) is 3.40. The van der Waals surface area contributed by atoms with E-state index < -0.39 is 7.14 Å². The van der Waals surface area contributed by atoms with E-state index in [1.807, 2.05) is 91.2 Å². The molecule has 0 saturated carbocycles. The third-order valence-electron chi connectivity index (χ3n) is 7.82. The Balaban J connectivity index is 1.57. The Morgan fingerprint density at radius 3 is 2.20 bits per heavy atom. The molecule has 0 bridgehead atoms. The van der Waals surface area contributed by atoms with Crippen LogP contribution in [0.1, 0.15) is 37.0 Å². The van der Waals surface area contributed by atoms with E-state index in [2.05, 4.69) is 17.3 Å². The Kier molecular flexibility index (Phi) is 8.91. The van der Waals surface area contributed by atoms with Gasteiger partial charge in [0, 0.05) is 42.7 Å². The van der Waals surface area contributed by atoms with Crippen molar-refractivity contribution < 1.29 is 9.36 Å². The first-order valence-electron chi connectivity index (χ1n) is 13.8. The molecule has 3 aromatic rings. The van der Waals surface area contributed by atoms with Gasteiger partial charge in [0.1, 0.15) is 7.14 Å². The first kappa shape index (κ1) is 29.6. The van der Waals surface area contributed by atoms with Gasteiger partial charge in [-0.25, -0.2) is 4.68 Å². The van der Waals surface area contributed by atoms with Gasteiger partial charge < -0.3 is 19.7 Å². The molecule has 1 atom stereocenters. The Bertz CT molecular complexity index is 1570. The highest BCUT2D eigenvalue weighted by molar-refractivity contribution is 7.70. The average Bonchev–Trinajstić information content (AvgIpc) is 3.16. The number of hydrogen-bond acceptors (Lipinski definition) is 5. The minimum atomic E-state index is -2.38. The monoisotopic (exact) mass is 563 g/mol. The molecule has 1 aliphatic heterocycles. The number of rotatable bonds is 7. The highest BCUT2D eigenvalue weighted by atomic mass is 31.2. The number of piperidine rings is 1. The minimum absolute atomic E-state index is 0.0469. The van der Waals surface area contributed by atoms with Gasteiger partial charge in [0.15, 0.2) is 0 Å². The lowest BCUT2D eigenvalue weighted by Crippen LogP contribution is -2.44. The second kappa shape index (κ2) is 12.0. The van der Waals surface area contributed by atoms with E-state index in [0.29, 0.717) is 10.8 Å². The molecule has 214 valence electrons. The van der Waals surface area contributed by atoms with Crippen LogP contribution in [-0.4, -0.2) is 77.7 Å². The van der Waals surface area contributed by atoms with Crippen molar-refractivity contribution in [1.29, 1.82) is 0 Å². The van der Waals surface area contributed by atoms with Crippen molar-refractivity contribution in [2.45, 2.75) is 38.8 Å². The summed E-state index contributed by atoms with van der Waals surface area (Å²) in [5.41, 5.74) is 2.30. The Hall–Kier alpha value is -3.35. The van der Waals surface area contributed by atoms with Crippen LogP contribution in [0.4, 0.5) is 5.69 Å². The van der Waals surface area contributed by atoms with Crippen molar-refractivity contribution in [3.8, 4) is 5.69 Å². The number of aromatic nitrogens is 2. The summed E-state index contributed by atoms with van der Waals surface area (Å²) in [5.74, 6) is 0.0469. The van der Waals surface area contributed by atoms with Gasteiger partial charge in [0.05, 0.1) is 16.3 Å². The maximum Gasteiger partial charge on any atom is 0.274 e. The minimum Gasteiger partial charge on any atom is -0.379 e. The standard InChI is InChI=1S/C31H42N5O3P/c1-8-28-29(36(35(5)31(28)38)26-13-15-27(16-14-26)40(6,7)39)21-22(2)32-24-11-9-23(10-12-24)30(37)34(4)25-17-19-33(3)20-18-25/h8-16,21-22,25,32H,17-20H2,1-7H3/b28-8+,29-21+. The van der Waals surface area contributed by atoms with Crippen LogP contribution in [0.15, 0.2) is 53.3 Å². The molecule has 1 aromatic heterocycles. The highest BCUT2D eigenvalue weighted by Crippen LogP contribution is 2.34. The summed E-state index contributed by atoms with van der Waals surface area (Å²) >= 11 is 0. The van der Waals surface area contributed by atoms with Crippen LogP contribution in [0, 0.1) is 0 Å². The fourth-order valence-corrected chi connectivity index (χ4v) is 6.22. The number of carbonyl (C=O) groups excluding carboxylic acids is 1. The molecule has 40 heavy (non-hydrogen) atoms. The normalized spacial score (nSPS) is 16.8. The fraction of sp³-hybridized carbons (Fsp3) is 0.419. The van der Waals surface area contributed by atoms with E-state index in [1.54, 1.807) is 25.1 Å². The predicted octanol–water partition coefficient (Wildman–Crippen LogP) is 2.67. The molecule has 1 fully saturated rings. The van der Waals surface area contributed by atoms with Crippen molar-refractivity contribution in [2.24, 2.45) is 7.05 Å². The van der Waals surface area contributed by atoms with Crippen LogP contribution in [0.5, 0.6) is 0 Å². The first-order chi connectivity index (χ1) is 18.9. The SMILES string of the molecule is C/C=c1/c(=O)n(C)n(-c2ccc(P(C)(C)=O)cc2)/c1=C/C(C)Nc1ccc(C(=O)N(C)C2CCN(C)CC2)cc1.